The third-order valence-electron chi connectivity index (χ3n) is 6.50. The van der Waals surface area contributed by atoms with Crippen LogP contribution in [0.5, 0.6) is 5.75 Å². The van der Waals surface area contributed by atoms with Gasteiger partial charge in [0, 0.05) is 0 Å². The largest absolute Gasteiger partial charge is 0.497 e. The van der Waals surface area contributed by atoms with Gasteiger partial charge in [-0.3, -0.25) is 14.2 Å². The number of rotatable bonds is 6. The van der Waals surface area contributed by atoms with E-state index in [2.05, 4.69) is 10.1 Å². The maximum Gasteiger partial charge on any atom is 0.338 e. The molecule has 0 N–H and O–H groups in total. The maximum atomic E-state index is 13.9. The Morgan fingerprint density at radius 2 is 1.82 bits per heavy atom. The molecular formula is C29H28N4O5S. The van der Waals surface area contributed by atoms with Gasteiger partial charge in [-0.1, -0.05) is 41.7 Å². The van der Waals surface area contributed by atoms with Gasteiger partial charge in [-0.25, -0.2) is 9.79 Å². The van der Waals surface area contributed by atoms with Crippen LogP contribution in [-0.4, -0.2) is 35.4 Å². The number of carbonyl (C=O) groups excluding carboxylic acids is 2. The molecule has 0 spiro atoms. The van der Waals surface area contributed by atoms with Gasteiger partial charge < -0.3 is 9.47 Å². The molecule has 5 rings (SSSR count). The summed E-state index contributed by atoms with van der Waals surface area (Å²) in [7, 11) is 1.56. The van der Waals surface area contributed by atoms with Gasteiger partial charge in [0.1, 0.15) is 11.7 Å². The quantitative estimate of drug-likeness (QED) is 0.444. The number of esters is 1. The van der Waals surface area contributed by atoms with E-state index >= 15 is 0 Å². The number of carbonyl (C=O) groups is 2. The molecule has 2 aliphatic rings. The molecule has 200 valence electrons. The fourth-order valence-corrected chi connectivity index (χ4v) is 5.73. The number of hydrogen-bond donors (Lipinski definition) is 0. The minimum absolute atomic E-state index is 0.244. The van der Waals surface area contributed by atoms with Gasteiger partial charge in [0.25, 0.3) is 11.5 Å². The van der Waals surface area contributed by atoms with Gasteiger partial charge in [-0.15, -0.1) is 0 Å². The first kappa shape index (κ1) is 26.3. The van der Waals surface area contributed by atoms with Crippen molar-refractivity contribution >= 4 is 40.7 Å². The molecule has 10 heteroatoms. The normalized spacial score (nSPS) is 19.2. The van der Waals surface area contributed by atoms with E-state index in [4.69, 9.17) is 9.47 Å². The van der Waals surface area contributed by atoms with Gasteiger partial charge in [0.05, 0.1) is 46.5 Å². The summed E-state index contributed by atoms with van der Waals surface area (Å²) in [5.41, 5.74) is 2.30. The number of allylic oxidation sites excluding steroid dienone is 1. The number of aromatic nitrogens is 1. The number of hydrazone groups is 1. The van der Waals surface area contributed by atoms with Crippen LogP contribution in [0.1, 0.15) is 39.3 Å². The Morgan fingerprint density at radius 1 is 1.08 bits per heavy atom. The lowest BCUT2D eigenvalue weighted by molar-refractivity contribution is -0.143. The molecule has 3 heterocycles. The van der Waals surface area contributed by atoms with Crippen molar-refractivity contribution in [2.75, 3.05) is 12.1 Å². The van der Waals surface area contributed by atoms with E-state index in [1.54, 1.807) is 71.2 Å². The molecule has 0 radical (unpaired) electrons. The first-order chi connectivity index (χ1) is 18.7. The summed E-state index contributed by atoms with van der Waals surface area (Å²) in [4.78, 5) is 45.5. The van der Waals surface area contributed by atoms with Crippen LogP contribution in [0.25, 0.3) is 6.08 Å². The topological polar surface area (TPSA) is 103 Å². The first-order valence-electron chi connectivity index (χ1n) is 12.5. The standard InChI is InChI=1S/C29H28N4O5S/c1-16(2)38-28(36)24-18(4)30-29-32(25(24)19-10-9-13-21(14-19)37-5)27(35)23(39-29)15-22-17(3)31-33(26(22)34)20-11-7-6-8-12-20/h6-16,22,25H,1-5H3/b23-15-/t22-,25-/m0/s1. The fourth-order valence-electron chi connectivity index (χ4n) is 4.68. The highest BCUT2D eigenvalue weighted by atomic mass is 32.1. The van der Waals surface area contributed by atoms with Crippen LogP contribution in [0.2, 0.25) is 0 Å². The summed E-state index contributed by atoms with van der Waals surface area (Å²) < 4.78 is 12.8. The first-order valence-corrected chi connectivity index (χ1v) is 13.3. The van der Waals surface area contributed by atoms with Crippen LogP contribution in [0.15, 0.2) is 80.8 Å². The molecule has 39 heavy (non-hydrogen) atoms. The summed E-state index contributed by atoms with van der Waals surface area (Å²) in [6.07, 6.45) is 1.29. The Balaban J connectivity index is 1.64. The van der Waals surface area contributed by atoms with E-state index < -0.39 is 17.9 Å². The van der Waals surface area contributed by atoms with Crippen molar-refractivity contribution in [1.82, 2.24) is 4.57 Å². The van der Waals surface area contributed by atoms with Crippen LogP contribution in [0.3, 0.4) is 0 Å². The Kier molecular flexibility index (Phi) is 7.05. The summed E-state index contributed by atoms with van der Waals surface area (Å²) in [6, 6.07) is 15.6. The number of ether oxygens (including phenoxy) is 2. The maximum absolute atomic E-state index is 13.9. The van der Waals surface area contributed by atoms with Crippen LogP contribution >= 0.6 is 11.3 Å². The van der Waals surface area contributed by atoms with Crippen molar-refractivity contribution in [2.45, 2.75) is 39.8 Å². The lowest BCUT2D eigenvalue weighted by atomic mass is 9.95. The van der Waals surface area contributed by atoms with Gasteiger partial charge in [0.15, 0.2) is 4.80 Å². The zero-order valence-electron chi connectivity index (χ0n) is 22.2. The number of anilines is 1. The fraction of sp³-hybridized carbons (Fsp3) is 0.276. The van der Waals surface area contributed by atoms with Gasteiger partial charge in [-0.05, 0) is 63.6 Å². The van der Waals surface area contributed by atoms with Crippen molar-refractivity contribution < 1.29 is 19.1 Å². The molecule has 2 aromatic carbocycles. The Labute approximate surface area is 229 Å². The zero-order valence-corrected chi connectivity index (χ0v) is 23.1. The average molecular weight is 545 g/mol. The third kappa shape index (κ3) is 4.83. The molecule has 0 aliphatic carbocycles. The molecule has 1 aromatic heterocycles. The van der Waals surface area contributed by atoms with Crippen LogP contribution in [0, 0.1) is 5.92 Å². The van der Waals surface area contributed by atoms with Crippen molar-refractivity contribution in [3.8, 4) is 5.75 Å². The molecule has 2 atom stereocenters. The molecule has 0 bridgehead atoms. The van der Waals surface area contributed by atoms with E-state index in [-0.39, 0.29) is 23.1 Å². The number of thiazole rings is 1. The third-order valence-corrected chi connectivity index (χ3v) is 7.50. The number of methoxy groups -OCH3 is 1. The molecule has 2 aliphatic heterocycles. The zero-order chi connectivity index (χ0) is 27.8. The lowest BCUT2D eigenvalue weighted by Gasteiger charge is -2.25. The predicted molar refractivity (Wildman–Crippen MR) is 149 cm³/mol. The van der Waals surface area contributed by atoms with Crippen molar-refractivity contribution in [1.29, 1.82) is 0 Å². The van der Waals surface area contributed by atoms with E-state index in [9.17, 15) is 14.4 Å². The van der Waals surface area contributed by atoms with Crippen molar-refractivity contribution in [3.63, 3.8) is 0 Å². The Hall–Kier alpha value is -4.31. The predicted octanol–water partition coefficient (Wildman–Crippen LogP) is 3.19. The van der Waals surface area contributed by atoms with E-state index in [1.165, 1.54) is 20.9 Å². The minimum atomic E-state index is -0.778. The number of nitrogens with zero attached hydrogens (tertiary/aromatic N) is 4. The van der Waals surface area contributed by atoms with Gasteiger partial charge >= 0.3 is 5.97 Å². The highest BCUT2D eigenvalue weighted by molar-refractivity contribution is 7.07. The second-order valence-electron chi connectivity index (χ2n) is 9.54. The van der Waals surface area contributed by atoms with Gasteiger partial charge in [-0.2, -0.15) is 10.1 Å². The second kappa shape index (κ2) is 10.5. The summed E-state index contributed by atoms with van der Waals surface area (Å²) >= 11 is 1.17. The summed E-state index contributed by atoms with van der Waals surface area (Å²) in [5, 5.41) is 5.80. The van der Waals surface area contributed by atoms with Crippen molar-refractivity contribution in [2.24, 2.45) is 16.0 Å². The number of hydrogen-bond acceptors (Lipinski definition) is 8. The second-order valence-corrected chi connectivity index (χ2v) is 10.5. The lowest BCUT2D eigenvalue weighted by Crippen LogP contribution is -2.40. The van der Waals surface area contributed by atoms with Crippen LogP contribution in [-0.2, 0) is 14.3 Å². The number of amides is 1. The highest BCUT2D eigenvalue weighted by Crippen LogP contribution is 2.32. The van der Waals surface area contributed by atoms with Crippen molar-refractivity contribution in [3.05, 3.63) is 91.1 Å². The Morgan fingerprint density at radius 3 is 2.51 bits per heavy atom. The molecule has 0 saturated heterocycles. The van der Waals surface area contributed by atoms with Crippen LogP contribution in [0.4, 0.5) is 5.69 Å². The molecular weight excluding hydrogens is 516 g/mol. The number of para-hydroxylation sites is 1. The molecule has 0 fully saturated rings. The molecule has 0 saturated carbocycles. The van der Waals surface area contributed by atoms with E-state index in [0.717, 1.165) is 0 Å². The monoisotopic (exact) mass is 544 g/mol. The number of fused-ring (bicyclic) bond motifs is 1. The van der Waals surface area contributed by atoms with Crippen LogP contribution < -0.4 is 24.6 Å². The smallest absolute Gasteiger partial charge is 0.338 e. The van der Waals surface area contributed by atoms with Gasteiger partial charge in [0.2, 0.25) is 0 Å². The van der Waals surface area contributed by atoms with E-state index in [1.807, 2.05) is 24.3 Å². The highest BCUT2D eigenvalue weighted by Gasteiger charge is 2.36. The molecule has 3 aromatic rings. The molecule has 9 nitrogen and oxygen atoms in total. The summed E-state index contributed by atoms with van der Waals surface area (Å²) in [5.74, 6) is -0.898. The SMILES string of the molecule is COc1cccc([C@H]2C(C(=O)OC(C)C)=C(C)N=c3s/c(=C\[C@@H]4C(=O)N(c5ccccc5)N=C4C)c(=O)n32)c1. The average Bonchev–Trinajstić information content (AvgIpc) is 3.38. The Bertz CT molecular complexity index is 1700. The molecule has 0 unspecified atom stereocenters. The molecule has 1 amide bonds. The van der Waals surface area contributed by atoms with E-state index in [0.29, 0.717) is 37.7 Å². The summed E-state index contributed by atoms with van der Waals surface area (Å²) in [6.45, 7) is 7.04. The number of benzene rings is 2. The minimum Gasteiger partial charge on any atom is -0.497 e.